The van der Waals surface area contributed by atoms with E-state index in [4.69, 9.17) is 5.11 Å². The molecule has 19 heavy (non-hydrogen) atoms. The molecule has 1 saturated carbocycles. The van der Waals surface area contributed by atoms with Crippen molar-refractivity contribution < 1.29 is 14.7 Å². The van der Waals surface area contributed by atoms with Gasteiger partial charge in [0.2, 0.25) is 0 Å². The Labute approximate surface area is 115 Å². The number of nitrogens with one attached hydrogen (secondary N) is 2. The van der Waals surface area contributed by atoms with Gasteiger partial charge < -0.3 is 15.7 Å². The lowest BCUT2D eigenvalue weighted by Crippen LogP contribution is -2.47. The molecule has 2 atom stereocenters. The van der Waals surface area contributed by atoms with Gasteiger partial charge >= 0.3 is 12.0 Å². The van der Waals surface area contributed by atoms with Crippen LogP contribution < -0.4 is 10.6 Å². The first-order valence-electron chi connectivity index (χ1n) is 7.19. The zero-order chi connectivity index (χ0) is 14.5. The Kier molecular flexibility index (Phi) is 5.63. The van der Waals surface area contributed by atoms with Crippen molar-refractivity contribution in [2.24, 2.45) is 11.3 Å². The summed E-state index contributed by atoms with van der Waals surface area (Å²) in [4.78, 5) is 22.9. The van der Waals surface area contributed by atoms with E-state index in [1.54, 1.807) is 6.92 Å². The highest BCUT2D eigenvalue weighted by molar-refractivity contribution is 5.77. The van der Waals surface area contributed by atoms with E-state index in [-0.39, 0.29) is 18.6 Å². The first kappa shape index (κ1) is 15.8. The molecule has 0 spiro atoms. The Balaban J connectivity index is 2.34. The number of carboxylic acids is 1. The Morgan fingerprint density at radius 2 is 2.00 bits per heavy atom. The molecular formula is C14H26N2O3. The van der Waals surface area contributed by atoms with Crippen LogP contribution in [0.4, 0.5) is 4.79 Å². The molecule has 1 fully saturated rings. The number of carbonyl (C=O) groups excluding carboxylic acids is 1. The first-order chi connectivity index (χ1) is 8.91. The summed E-state index contributed by atoms with van der Waals surface area (Å²) in [5, 5.41) is 14.7. The Bertz CT molecular complexity index is 329. The van der Waals surface area contributed by atoms with Crippen LogP contribution in [0.25, 0.3) is 0 Å². The minimum Gasteiger partial charge on any atom is -0.481 e. The van der Waals surface area contributed by atoms with Gasteiger partial charge in [0.25, 0.3) is 0 Å². The average Bonchev–Trinajstić information content (AvgIpc) is 3.18. The van der Waals surface area contributed by atoms with E-state index >= 15 is 0 Å². The number of amides is 2. The molecule has 1 aliphatic carbocycles. The quantitative estimate of drug-likeness (QED) is 0.633. The van der Waals surface area contributed by atoms with Crippen LogP contribution in [0.15, 0.2) is 0 Å². The van der Waals surface area contributed by atoms with Gasteiger partial charge in [-0.05, 0) is 32.1 Å². The molecule has 0 aromatic carbocycles. The summed E-state index contributed by atoms with van der Waals surface area (Å²) in [7, 11) is 0. The highest BCUT2D eigenvalue weighted by Crippen LogP contribution is 2.34. The fourth-order valence-electron chi connectivity index (χ4n) is 1.95. The van der Waals surface area contributed by atoms with Gasteiger partial charge in [-0.1, -0.05) is 26.7 Å². The zero-order valence-electron chi connectivity index (χ0n) is 12.2. The summed E-state index contributed by atoms with van der Waals surface area (Å²) in [5.41, 5.74) is -0.893. The average molecular weight is 270 g/mol. The van der Waals surface area contributed by atoms with Gasteiger partial charge in [-0.15, -0.1) is 0 Å². The summed E-state index contributed by atoms with van der Waals surface area (Å²) >= 11 is 0. The number of hydrogen-bond donors (Lipinski definition) is 3. The van der Waals surface area contributed by atoms with Crippen LogP contribution in [0.3, 0.4) is 0 Å². The molecule has 2 amide bonds. The number of urea groups is 1. The maximum absolute atomic E-state index is 11.8. The monoisotopic (exact) mass is 270 g/mol. The van der Waals surface area contributed by atoms with Crippen LogP contribution in [0, 0.1) is 11.3 Å². The molecule has 0 aliphatic heterocycles. The summed E-state index contributed by atoms with van der Waals surface area (Å²) in [5.74, 6) is -0.106. The fraction of sp³-hybridized carbons (Fsp3) is 0.857. The van der Waals surface area contributed by atoms with Gasteiger partial charge in [-0.3, -0.25) is 4.79 Å². The van der Waals surface area contributed by atoms with Crippen molar-refractivity contribution >= 4 is 12.0 Å². The molecular weight excluding hydrogens is 244 g/mol. The minimum atomic E-state index is -0.893. The lowest BCUT2D eigenvalue weighted by molar-refractivity contribution is -0.147. The van der Waals surface area contributed by atoms with Crippen molar-refractivity contribution in [2.75, 3.05) is 6.54 Å². The third-order valence-corrected chi connectivity index (χ3v) is 4.08. The van der Waals surface area contributed by atoms with Crippen LogP contribution in [-0.4, -0.2) is 29.7 Å². The van der Waals surface area contributed by atoms with Crippen LogP contribution in [0.1, 0.15) is 52.9 Å². The Morgan fingerprint density at radius 1 is 1.37 bits per heavy atom. The number of carbonyl (C=O) groups is 2. The Hall–Kier alpha value is -1.26. The van der Waals surface area contributed by atoms with Crippen LogP contribution in [0.5, 0.6) is 0 Å². The minimum absolute atomic E-state index is 0.157. The van der Waals surface area contributed by atoms with Crippen molar-refractivity contribution in [3.8, 4) is 0 Å². The third-order valence-electron chi connectivity index (χ3n) is 4.08. The van der Waals surface area contributed by atoms with Crippen molar-refractivity contribution in [3.63, 3.8) is 0 Å². The van der Waals surface area contributed by atoms with Crippen LogP contribution in [0.2, 0.25) is 0 Å². The lowest BCUT2D eigenvalue weighted by Gasteiger charge is -2.24. The van der Waals surface area contributed by atoms with Gasteiger partial charge in [-0.2, -0.15) is 0 Å². The maximum atomic E-state index is 11.8. The number of carboxylic acid groups (broad SMARTS) is 1. The second-order valence-electron chi connectivity index (χ2n) is 5.83. The summed E-state index contributed by atoms with van der Waals surface area (Å²) in [6.07, 6.45) is 4.98. The third kappa shape index (κ3) is 5.09. The molecule has 0 aromatic heterocycles. The standard InChI is InChI=1S/C14H26N2O3/c1-4-11(8-10-6-7-10)16-13(19)15-9-14(3,5-2)12(17)18/h10-11H,4-9H2,1-3H3,(H,17,18)(H2,15,16,19). The van der Waals surface area contributed by atoms with Crippen molar-refractivity contribution in [2.45, 2.75) is 58.9 Å². The topological polar surface area (TPSA) is 78.4 Å². The maximum Gasteiger partial charge on any atom is 0.315 e. The normalized spacial score (nSPS) is 19.3. The van der Waals surface area contributed by atoms with Crippen molar-refractivity contribution in [1.29, 1.82) is 0 Å². The molecule has 0 radical (unpaired) electrons. The van der Waals surface area contributed by atoms with Gasteiger partial charge in [-0.25, -0.2) is 4.79 Å². The number of aliphatic carboxylic acids is 1. The SMILES string of the molecule is CCC(CC1CC1)NC(=O)NCC(C)(CC)C(=O)O. The van der Waals surface area contributed by atoms with Gasteiger partial charge in [0.15, 0.2) is 0 Å². The van der Waals surface area contributed by atoms with E-state index < -0.39 is 11.4 Å². The van der Waals surface area contributed by atoms with E-state index in [0.29, 0.717) is 6.42 Å². The smallest absolute Gasteiger partial charge is 0.315 e. The fourth-order valence-corrected chi connectivity index (χ4v) is 1.95. The van der Waals surface area contributed by atoms with Gasteiger partial charge in [0, 0.05) is 12.6 Å². The van der Waals surface area contributed by atoms with E-state index in [1.165, 1.54) is 12.8 Å². The predicted octanol–water partition coefficient (Wildman–Crippen LogP) is 2.37. The van der Waals surface area contributed by atoms with Crippen LogP contribution in [-0.2, 0) is 4.79 Å². The number of hydrogen-bond acceptors (Lipinski definition) is 2. The Morgan fingerprint density at radius 3 is 2.42 bits per heavy atom. The van der Waals surface area contributed by atoms with Gasteiger partial charge in [0.05, 0.1) is 5.41 Å². The largest absolute Gasteiger partial charge is 0.481 e. The van der Waals surface area contributed by atoms with E-state index in [0.717, 1.165) is 18.8 Å². The molecule has 5 nitrogen and oxygen atoms in total. The molecule has 0 heterocycles. The second kappa shape index (κ2) is 6.78. The molecule has 0 saturated heterocycles. The second-order valence-corrected chi connectivity index (χ2v) is 5.83. The van der Waals surface area contributed by atoms with E-state index in [2.05, 4.69) is 17.6 Å². The highest BCUT2D eigenvalue weighted by Gasteiger charge is 2.32. The van der Waals surface area contributed by atoms with E-state index in [1.807, 2.05) is 6.92 Å². The van der Waals surface area contributed by atoms with Crippen molar-refractivity contribution in [3.05, 3.63) is 0 Å². The summed E-state index contributed by atoms with van der Waals surface area (Å²) in [6.45, 7) is 5.68. The van der Waals surface area contributed by atoms with Gasteiger partial charge in [0.1, 0.15) is 0 Å². The molecule has 0 bridgehead atoms. The summed E-state index contributed by atoms with van der Waals surface area (Å²) in [6, 6.07) is -0.0568. The summed E-state index contributed by atoms with van der Waals surface area (Å²) < 4.78 is 0. The molecule has 3 N–H and O–H groups in total. The molecule has 0 aromatic rings. The first-order valence-corrected chi connectivity index (χ1v) is 7.19. The van der Waals surface area contributed by atoms with E-state index in [9.17, 15) is 9.59 Å². The lowest BCUT2D eigenvalue weighted by atomic mass is 9.88. The van der Waals surface area contributed by atoms with Crippen LogP contribution >= 0.6 is 0 Å². The molecule has 1 rings (SSSR count). The molecule has 2 unspecified atom stereocenters. The molecule has 110 valence electrons. The molecule has 5 heteroatoms. The predicted molar refractivity (Wildman–Crippen MR) is 74.0 cm³/mol. The number of rotatable bonds is 8. The molecule has 1 aliphatic rings. The zero-order valence-corrected chi connectivity index (χ0v) is 12.2. The van der Waals surface area contributed by atoms with Crippen molar-refractivity contribution in [1.82, 2.24) is 10.6 Å². The highest BCUT2D eigenvalue weighted by atomic mass is 16.4.